The second-order valence-corrected chi connectivity index (χ2v) is 12.5. The third kappa shape index (κ3) is 7.23. The van der Waals surface area contributed by atoms with Gasteiger partial charge in [0.1, 0.15) is 23.1 Å². The summed E-state index contributed by atoms with van der Waals surface area (Å²) in [6, 6.07) is 15.8. The van der Waals surface area contributed by atoms with Crippen molar-refractivity contribution in [2.45, 2.75) is 37.5 Å². The molecule has 1 aromatic heterocycles. The van der Waals surface area contributed by atoms with Crippen molar-refractivity contribution in [1.29, 1.82) is 0 Å². The summed E-state index contributed by atoms with van der Waals surface area (Å²) in [6.45, 7) is 1.45. The van der Waals surface area contributed by atoms with Crippen molar-refractivity contribution in [3.8, 4) is 34.4 Å². The van der Waals surface area contributed by atoms with Gasteiger partial charge in [-0.15, -0.1) is 0 Å². The van der Waals surface area contributed by atoms with E-state index in [4.69, 9.17) is 23.7 Å². The highest BCUT2D eigenvalue weighted by Crippen LogP contribution is 2.39. The van der Waals surface area contributed by atoms with Gasteiger partial charge in [-0.05, 0) is 42.8 Å². The normalized spacial score (nSPS) is 12.4. The fourth-order valence-corrected chi connectivity index (χ4v) is 6.18. The molecule has 14 heteroatoms. The number of hydrogen-bond acceptors (Lipinski definition) is 10. The molecule has 48 heavy (non-hydrogen) atoms. The van der Waals surface area contributed by atoms with Crippen LogP contribution in [0.3, 0.4) is 0 Å². The van der Waals surface area contributed by atoms with Gasteiger partial charge in [0.15, 0.2) is 18.2 Å². The summed E-state index contributed by atoms with van der Waals surface area (Å²) < 4.78 is 56.5. The zero-order chi connectivity index (χ0) is 34.3. The fraction of sp³-hybridized carbons (Fsp3) is 0.265. The smallest absolute Gasteiger partial charge is 0.331 e. The highest BCUT2D eigenvalue weighted by atomic mass is 32.2. The maximum absolute atomic E-state index is 13.2. The zero-order valence-corrected chi connectivity index (χ0v) is 27.4. The molecule has 2 heterocycles. The minimum Gasteiger partial charge on any atom is -0.497 e. The Hall–Kier alpha value is -5.50. The van der Waals surface area contributed by atoms with E-state index in [-0.39, 0.29) is 35.8 Å². The van der Waals surface area contributed by atoms with Gasteiger partial charge in [0, 0.05) is 36.1 Å². The quantitative estimate of drug-likeness (QED) is 0.0982. The molecule has 0 saturated carbocycles. The van der Waals surface area contributed by atoms with E-state index in [1.807, 2.05) is 6.92 Å². The predicted octanol–water partition coefficient (Wildman–Crippen LogP) is 4.86. The van der Waals surface area contributed by atoms with E-state index < -0.39 is 22.7 Å². The lowest BCUT2D eigenvalue weighted by Gasteiger charge is -2.21. The second-order valence-electron chi connectivity index (χ2n) is 10.6. The number of carbonyl (C=O) groups is 2. The first kappa shape index (κ1) is 33.9. The summed E-state index contributed by atoms with van der Waals surface area (Å²) in [5, 5.41) is 10.3. The van der Waals surface area contributed by atoms with Gasteiger partial charge < -0.3 is 28.8 Å². The molecule has 0 fully saturated rings. The van der Waals surface area contributed by atoms with Gasteiger partial charge in [-0.3, -0.25) is 9.36 Å². The van der Waals surface area contributed by atoms with Crippen LogP contribution >= 0.6 is 0 Å². The number of rotatable bonds is 16. The van der Waals surface area contributed by atoms with E-state index in [0.29, 0.717) is 56.5 Å². The molecule has 0 unspecified atom stereocenters. The van der Waals surface area contributed by atoms with Crippen LogP contribution in [0.25, 0.3) is 11.8 Å². The van der Waals surface area contributed by atoms with Gasteiger partial charge in [0.2, 0.25) is 13.2 Å². The Morgan fingerprint density at radius 1 is 1.04 bits per heavy atom. The van der Waals surface area contributed by atoms with E-state index in [0.717, 1.165) is 12.8 Å². The molecule has 1 N–H and O–H groups in total. The van der Waals surface area contributed by atoms with E-state index >= 15 is 0 Å². The van der Waals surface area contributed by atoms with E-state index in [2.05, 4.69) is 4.98 Å². The highest BCUT2D eigenvalue weighted by Gasteiger charge is 2.25. The Morgan fingerprint density at radius 2 is 1.79 bits per heavy atom. The minimum atomic E-state index is -4.21. The number of carboxylic acid groups (broad SMARTS) is 1. The molecular formula is C34H35N3O10S. The number of nitrogens with zero attached hydrogens (tertiary/aromatic N) is 3. The average molecular weight is 678 g/mol. The van der Waals surface area contributed by atoms with Crippen LogP contribution in [0.2, 0.25) is 0 Å². The molecule has 0 aliphatic carbocycles. The standard InChI is InChI=1S/C34H35N3O10S/c1-4-5-11-33-35-19-25(15-24(34(39)40)14-23-16-31-32(47-22-46-31)18-29(23)44-3)37(33)28-13-12-26(43-2)17-30(28)45-21-36(20-38)48(41,42)27-9-7-6-8-10-27/h6-10,12-13,15-20H,4-5,11,14,21-22H2,1-3H3,(H,39,40)/b24-15+. The van der Waals surface area contributed by atoms with Crippen molar-refractivity contribution in [2.24, 2.45) is 0 Å². The topological polar surface area (TPSA) is 156 Å². The van der Waals surface area contributed by atoms with Crippen LogP contribution in [-0.2, 0) is 32.5 Å². The SMILES string of the molecule is CCCCc1ncc(/C=C(\Cc2cc3c(cc2OC)OCO3)C(=O)O)n1-c1ccc(OC)cc1OCN(C=O)S(=O)(=O)c1ccccc1. The number of hydrogen-bond donors (Lipinski definition) is 1. The molecular weight excluding hydrogens is 642 g/mol. The summed E-state index contributed by atoms with van der Waals surface area (Å²) in [7, 11) is -1.25. The van der Waals surface area contributed by atoms with Crippen molar-refractivity contribution in [2.75, 3.05) is 27.7 Å². The highest BCUT2D eigenvalue weighted by molar-refractivity contribution is 7.89. The van der Waals surface area contributed by atoms with Crippen molar-refractivity contribution in [3.05, 3.63) is 89.5 Å². The number of methoxy groups -OCH3 is 2. The van der Waals surface area contributed by atoms with Crippen molar-refractivity contribution >= 4 is 28.5 Å². The van der Waals surface area contributed by atoms with Crippen LogP contribution in [0.15, 0.2) is 77.3 Å². The summed E-state index contributed by atoms with van der Waals surface area (Å²) in [5.74, 6) is 1.48. The first-order chi connectivity index (χ1) is 23.2. The van der Waals surface area contributed by atoms with Gasteiger partial charge in [-0.2, -0.15) is 0 Å². The molecule has 0 atom stereocenters. The fourth-order valence-electron chi connectivity index (χ4n) is 5.10. The molecule has 5 rings (SSSR count). The average Bonchev–Trinajstić information content (AvgIpc) is 3.73. The maximum atomic E-state index is 13.2. The Kier molecular flexibility index (Phi) is 10.5. The number of carbonyl (C=O) groups excluding carboxylic acids is 1. The Bertz CT molecular complexity index is 1920. The number of aryl methyl sites for hydroxylation is 1. The van der Waals surface area contributed by atoms with Gasteiger partial charge in [-0.25, -0.2) is 22.5 Å². The Morgan fingerprint density at radius 3 is 2.46 bits per heavy atom. The third-order valence-corrected chi connectivity index (χ3v) is 9.27. The predicted molar refractivity (Wildman–Crippen MR) is 174 cm³/mol. The number of sulfonamides is 1. The van der Waals surface area contributed by atoms with Crippen LogP contribution in [0.5, 0.6) is 28.7 Å². The van der Waals surface area contributed by atoms with Gasteiger partial charge >= 0.3 is 5.97 Å². The van der Waals surface area contributed by atoms with Crippen molar-refractivity contribution < 1.29 is 46.8 Å². The van der Waals surface area contributed by atoms with Gasteiger partial charge in [0.05, 0.1) is 36.7 Å². The molecule has 0 saturated heterocycles. The first-order valence-corrected chi connectivity index (χ1v) is 16.4. The van der Waals surface area contributed by atoms with E-state index in [9.17, 15) is 23.1 Å². The molecule has 3 aromatic carbocycles. The summed E-state index contributed by atoms with van der Waals surface area (Å²) in [5.41, 5.74) is 1.47. The molecule has 252 valence electrons. The Labute approximate surface area is 277 Å². The lowest BCUT2D eigenvalue weighted by atomic mass is 10.0. The van der Waals surface area contributed by atoms with Crippen LogP contribution in [0.4, 0.5) is 0 Å². The van der Waals surface area contributed by atoms with E-state index in [1.165, 1.54) is 32.4 Å². The largest absolute Gasteiger partial charge is 0.497 e. The maximum Gasteiger partial charge on any atom is 0.331 e. The first-order valence-electron chi connectivity index (χ1n) is 15.0. The number of unbranched alkanes of at least 4 members (excludes halogenated alkanes) is 1. The molecule has 4 aromatic rings. The van der Waals surface area contributed by atoms with Crippen molar-refractivity contribution in [1.82, 2.24) is 13.9 Å². The molecule has 0 radical (unpaired) electrons. The van der Waals surface area contributed by atoms with E-state index in [1.54, 1.807) is 59.3 Å². The zero-order valence-electron chi connectivity index (χ0n) is 26.6. The third-order valence-electron chi connectivity index (χ3n) is 7.59. The van der Waals surface area contributed by atoms with Gasteiger partial charge in [-0.1, -0.05) is 31.5 Å². The monoisotopic (exact) mass is 677 g/mol. The number of aromatic nitrogens is 2. The van der Waals surface area contributed by atoms with Crippen molar-refractivity contribution in [3.63, 3.8) is 0 Å². The summed E-state index contributed by atoms with van der Waals surface area (Å²) in [4.78, 5) is 29.1. The van der Waals surface area contributed by atoms with Crippen LogP contribution in [0.1, 0.15) is 36.8 Å². The molecule has 0 bridgehead atoms. The summed E-state index contributed by atoms with van der Waals surface area (Å²) >= 11 is 0. The lowest BCUT2D eigenvalue weighted by Crippen LogP contribution is -2.33. The molecule has 13 nitrogen and oxygen atoms in total. The molecule has 1 aliphatic heterocycles. The van der Waals surface area contributed by atoms with Crippen LogP contribution in [-0.4, -0.2) is 67.5 Å². The van der Waals surface area contributed by atoms with Crippen LogP contribution < -0.4 is 23.7 Å². The number of ether oxygens (including phenoxy) is 5. The Balaban J connectivity index is 1.56. The van der Waals surface area contributed by atoms with Gasteiger partial charge in [0.25, 0.3) is 10.0 Å². The number of aliphatic carboxylic acids is 1. The number of amides is 1. The number of benzene rings is 3. The number of carboxylic acids is 1. The number of fused-ring (bicyclic) bond motifs is 1. The number of imidazole rings is 1. The molecule has 1 amide bonds. The summed E-state index contributed by atoms with van der Waals surface area (Å²) in [6.07, 6.45) is 5.47. The minimum absolute atomic E-state index is 0.0117. The molecule has 0 spiro atoms. The second kappa shape index (κ2) is 14.9. The lowest BCUT2D eigenvalue weighted by molar-refractivity contribution is -0.132. The molecule has 1 aliphatic rings. The van der Waals surface area contributed by atoms with Crippen LogP contribution in [0, 0.1) is 0 Å².